The Morgan fingerprint density at radius 3 is 2.65 bits per heavy atom. The van der Waals surface area contributed by atoms with Gasteiger partial charge < -0.3 is 10.2 Å². The lowest BCUT2D eigenvalue weighted by Gasteiger charge is -2.16. The number of aromatic nitrogens is 1. The molecule has 7 heteroatoms. The van der Waals surface area contributed by atoms with Crippen LogP contribution in [0.5, 0.6) is 0 Å². The topological polar surface area (TPSA) is 69.0 Å². The van der Waals surface area contributed by atoms with Crippen LogP contribution in [-0.4, -0.2) is 29.5 Å². The van der Waals surface area contributed by atoms with Gasteiger partial charge in [0.15, 0.2) is 0 Å². The van der Waals surface area contributed by atoms with E-state index < -0.39 is 0 Å². The van der Waals surface area contributed by atoms with E-state index in [1.807, 2.05) is 6.07 Å². The van der Waals surface area contributed by atoms with Gasteiger partial charge in [-0.3, -0.25) is 0 Å². The highest BCUT2D eigenvalue weighted by Crippen LogP contribution is 2.18. The number of nitrogens with zero attached hydrogens (tertiary/aromatic N) is 3. The minimum Gasteiger partial charge on any atom is -0.327 e. The first-order chi connectivity index (χ1) is 8.02. The largest absolute Gasteiger partial charge is 0.327 e. The van der Waals surface area contributed by atoms with Crippen LogP contribution >= 0.6 is 23.2 Å². The molecular weight excluding hydrogens is 263 g/mol. The zero-order chi connectivity index (χ0) is 12.8. The Labute approximate surface area is 109 Å². The Balaban J connectivity index is 2.64. The SMILES string of the molecule is CN(CCC#N)C(=O)Nc1cc(Cl)nc(Cl)c1. The standard InChI is InChI=1S/C10H10Cl2N4O/c1-16(4-2-3-13)10(17)14-7-5-8(11)15-9(12)6-7/h5-6H,2,4H2,1H3,(H,14,15,17). The minimum absolute atomic E-state index is 0.201. The van der Waals surface area contributed by atoms with Gasteiger partial charge in [-0.15, -0.1) is 0 Å². The maximum atomic E-state index is 11.6. The summed E-state index contributed by atoms with van der Waals surface area (Å²) in [6, 6.07) is 4.61. The fraction of sp³-hybridized carbons (Fsp3) is 0.300. The third kappa shape index (κ3) is 4.47. The lowest BCUT2D eigenvalue weighted by molar-refractivity contribution is 0.223. The summed E-state index contributed by atoms with van der Waals surface area (Å²) >= 11 is 11.4. The summed E-state index contributed by atoms with van der Waals surface area (Å²) in [7, 11) is 1.59. The number of hydrogen-bond acceptors (Lipinski definition) is 3. The van der Waals surface area contributed by atoms with Gasteiger partial charge in [0.1, 0.15) is 10.3 Å². The summed E-state index contributed by atoms with van der Waals surface area (Å²) in [6.45, 7) is 0.356. The number of rotatable bonds is 3. The molecule has 17 heavy (non-hydrogen) atoms. The first kappa shape index (κ1) is 13.6. The predicted molar refractivity (Wildman–Crippen MR) is 66.1 cm³/mol. The van der Waals surface area contributed by atoms with Crippen LogP contribution < -0.4 is 5.32 Å². The Morgan fingerprint density at radius 2 is 2.12 bits per heavy atom. The number of halogens is 2. The molecule has 0 saturated heterocycles. The van der Waals surface area contributed by atoms with Gasteiger partial charge in [0.2, 0.25) is 0 Å². The van der Waals surface area contributed by atoms with Gasteiger partial charge in [-0.05, 0) is 12.1 Å². The number of anilines is 1. The molecule has 0 saturated carbocycles. The molecule has 5 nitrogen and oxygen atoms in total. The predicted octanol–water partition coefficient (Wildman–Crippen LogP) is 2.77. The molecule has 0 atom stereocenters. The monoisotopic (exact) mass is 272 g/mol. The number of urea groups is 1. The van der Waals surface area contributed by atoms with E-state index in [2.05, 4.69) is 10.3 Å². The van der Waals surface area contributed by atoms with E-state index in [9.17, 15) is 4.79 Å². The Morgan fingerprint density at radius 1 is 1.53 bits per heavy atom. The average Bonchev–Trinajstić information content (AvgIpc) is 2.24. The highest BCUT2D eigenvalue weighted by atomic mass is 35.5. The molecule has 0 spiro atoms. The Kier molecular flexibility index (Phi) is 5.01. The summed E-state index contributed by atoms with van der Waals surface area (Å²) in [5, 5.41) is 11.4. The van der Waals surface area contributed by atoms with E-state index in [1.165, 1.54) is 17.0 Å². The van der Waals surface area contributed by atoms with Crippen molar-refractivity contribution in [2.24, 2.45) is 0 Å². The third-order valence-corrected chi connectivity index (χ3v) is 2.31. The van der Waals surface area contributed by atoms with Crippen molar-refractivity contribution in [3.8, 4) is 6.07 Å². The first-order valence-corrected chi connectivity index (χ1v) is 5.50. The molecule has 0 aliphatic rings. The molecule has 1 heterocycles. The molecule has 1 aromatic rings. The summed E-state index contributed by atoms with van der Waals surface area (Å²) in [4.78, 5) is 16.8. The number of hydrogen-bond donors (Lipinski definition) is 1. The number of amides is 2. The molecule has 90 valence electrons. The van der Waals surface area contributed by atoms with E-state index >= 15 is 0 Å². The smallest absolute Gasteiger partial charge is 0.321 e. The normalized spacial score (nSPS) is 9.53. The van der Waals surface area contributed by atoms with Crippen LogP contribution in [0, 0.1) is 11.3 Å². The van der Waals surface area contributed by atoms with Crippen molar-refractivity contribution >= 4 is 34.9 Å². The van der Waals surface area contributed by atoms with E-state index in [0.29, 0.717) is 12.2 Å². The van der Waals surface area contributed by atoms with Gasteiger partial charge in [-0.25, -0.2) is 9.78 Å². The fourth-order valence-corrected chi connectivity index (χ4v) is 1.54. The summed E-state index contributed by atoms with van der Waals surface area (Å²) in [5.41, 5.74) is 0.462. The summed E-state index contributed by atoms with van der Waals surface area (Å²) < 4.78 is 0. The molecule has 0 radical (unpaired) electrons. The fourth-order valence-electron chi connectivity index (χ4n) is 1.08. The molecule has 2 amide bonds. The van der Waals surface area contributed by atoms with Gasteiger partial charge in [-0.1, -0.05) is 23.2 Å². The van der Waals surface area contributed by atoms with Crippen LogP contribution in [-0.2, 0) is 0 Å². The number of nitrogens with one attached hydrogen (secondary N) is 1. The lowest BCUT2D eigenvalue weighted by atomic mass is 10.4. The minimum atomic E-state index is -0.335. The van der Waals surface area contributed by atoms with Crippen LogP contribution in [0.2, 0.25) is 10.3 Å². The van der Waals surface area contributed by atoms with Crippen molar-refractivity contribution in [3.63, 3.8) is 0 Å². The second kappa shape index (κ2) is 6.28. The van der Waals surface area contributed by atoms with Crippen LogP contribution in [0.4, 0.5) is 10.5 Å². The number of carbonyl (C=O) groups excluding carboxylic acids is 1. The highest BCUT2D eigenvalue weighted by molar-refractivity contribution is 6.32. The lowest BCUT2D eigenvalue weighted by Crippen LogP contribution is -2.32. The number of pyridine rings is 1. The first-order valence-electron chi connectivity index (χ1n) is 4.75. The molecule has 0 aliphatic carbocycles. The van der Waals surface area contributed by atoms with Crippen LogP contribution in [0.1, 0.15) is 6.42 Å². The molecule has 0 bridgehead atoms. The number of nitriles is 1. The molecule has 0 fully saturated rings. The van der Waals surface area contributed by atoms with Crippen LogP contribution in [0.3, 0.4) is 0 Å². The van der Waals surface area contributed by atoms with E-state index in [-0.39, 0.29) is 22.8 Å². The van der Waals surface area contributed by atoms with Crippen molar-refractivity contribution < 1.29 is 4.79 Å². The van der Waals surface area contributed by atoms with Crippen molar-refractivity contribution in [1.29, 1.82) is 5.26 Å². The van der Waals surface area contributed by atoms with Crippen molar-refractivity contribution in [1.82, 2.24) is 9.88 Å². The summed E-state index contributed by atoms with van der Waals surface area (Å²) in [6.07, 6.45) is 0.280. The average molecular weight is 273 g/mol. The highest BCUT2D eigenvalue weighted by Gasteiger charge is 2.09. The van der Waals surface area contributed by atoms with Gasteiger partial charge in [0.25, 0.3) is 0 Å². The zero-order valence-corrected chi connectivity index (χ0v) is 10.6. The van der Waals surface area contributed by atoms with Gasteiger partial charge in [-0.2, -0.15) is 5.26 Å². The van der Waals surface area contributed by atoms with Crippen molar-refractivity contribution in [2.75, 3.05) is 18.9 Å². The van der Waals surface area contributed by atoms with Crippen LogP contribution in [0.25, 0.3) is 0 Å². The maximum Gasteiger partial charge on any atom is 0.321 e. The molecule has 0 aromatic carbocycles. The molecule has 0 aliphatic heterocycles. The second-order valence-electron chi connectivity index (χ2n) is 3.26. The molecular formula is C10H10Cl2N4O. The molecule has 1 aromatic heterocycles. The van der Waals surface area contributed by atoms with E-state index in [1.54, 1.807) is 7.05 Å². The van der Waals surface area contributed by atoms with Crippen molar-refractivity contribution in [2.45, 2.75) is 6.42 Å². The van der Waals surface area contributed by atoms with E-state index in [0.717, 1.165) is 0 Å². The summed E-state index contributed by atoms with van der Waals surface area (Å²) in [5.74, 6) is 0. The van der Waals surface area contributed by atoms with Crippen LogP contribution in [0.15, 0.2) is 12.1 Å². The molecule has 0 unspecified atom stereocenters. The molecule has 1 rings (SSSR count). The van der Waals surface area contributed by atoms with Crippen molar-refractivity contribution in [3.05, 3.63) is 22.4 Å². The third-order valence-electron chi connectivity index (χ3n) is 1.92. The van der Waals surface area contributed by atoms with Gasteiger partial charge in [0, 0.05) is 19.3 Å². The second-order valence-corrected chi connectivity index (χ2v) is 4.04. The zero-order valence-electron chi connectivity index (χ0n) is 9.07. The Hall–Kier alpha value is -1.51. The quantitative estimate of drug-likeness (QED) is 0.861. The Bertz CT molecular complexity index is 438. The maximum absolute atomic E-state index is 11.6. The molecule has 1 N–H and O–H groups in total. The van der Waals surface area contributed by atoms with Gasteiger partial charge in [0.05, 0.1) is 12.5 Å². The van der Waals surface area contributed by atoms with Gasteiger partial charge >= 0.3 is 6.03 Å². The number of carbonyl (C=O) groups is 1. The van der Waals surface area contributed by atoms with E-state index in [4.69, 9.17) is 28.5 Å².